The van der Waals surface area contributed by atoms with E-state index in [0.29, 0.717) is 5.92 Å². The Balaban J connectivity index is 1.49. The van der Waals surface area contributed by atoms with Gasteiger partial charge in [-0.1, -0.05) is 30.4 Å². The number of H-pyrrole nitrogens is 1. The summed E-state index contributed by atoms with van der Waals surface area (Å²) in [5.41, 5.74) is 1.88. The van der Waals surface area contributed by atoms with Gasteiger partial charge in [-0.15, -0.1) is 0 Å². The van der Waals surface area contributed by atoms with Crippen molar-refractivity contribution in [2.75, 3.05) is 0 Å². The minimum absolute atomic E-state index is 0.0789. The van der Waals surface area contributed by atoms with E-state index in [1.165, 1.54) is 0 Å². The molecule has 1 aromatic heterocycles. The number of nitrogens with one attached hydrogen (secondary N) is 2. The number of hydrogen-bond acceptors (Lipinski definition) is 2. The largest absolute Gasteiger partial charge is 0.480 e. The zero-order valence-electron chi connectivity index (χ0n) is 13.2. The molecule has 1 aromatic carbocycles. The highest BCUT2D eigenvalue weighted by Crippen LogP contribution is 2.43. The molecule has 1 amide bonds. The van der Waals surface area contributed by atoms with Crippen LogP contribution in [0.15, 0.2) is 42.6 Å². The van der Waals surface area contributed by atoms with Gasteiger partial charge in [-0.2, -0.15) is 0 Å². The topological polar surface area (TPSA) is 82.2 Å². The van der Waals surface area contributed by atoms with Gasteiger partial charge < -0.3 is 15.4 Å². The summed E-state index contributed by atoms with van der Waals surface area (Å²) in [6.07, 6.45) is 8.25. The summed E-state index contributed by atoms with van der Waals surface area (Å²) in [5, 5.41) is 13.3. The third kappa shape index (κ3) is 2.60. The fraction of sp³-hybridized carbons (Fsp3) is 0.368. The van der Waals surface area contributed by atoms with Crippen LogP contribution in [-0.4, -0.2) is 28.0 Å². The Morgan fingerprint density at radius 3 is 2.79 bits per heavy atom. The molecule has 0 radical (unpaired) electrons. The first kappa shape index (κ1) is 15.0. The first-order chi connectivity index (χ1) is 11.6. The van der Waals surface area contributed by atoms with Crippen LogP contribution in [0.1, 0.15) is 18.4 Å². The van der Waals surface area contributed by atoms with Crippen LogP contribution in [-0.2, 0) is 16.0 Å². The maximum absolute atomic E-state index is 12.5. The molecule has 124 valence electrons. The highest BCUT2D eigenvalue weighted by molar-refractivity contribution is 5.87. The van der Waals surface area contributed by atoms with Gasteiger partial charge in [-0.25, -0.2) is 4.79 Å². The van der Waals surface area contributed by atoms with Gasteiger partial charge in [0.1, 0.15) is 6.04 Å². The van der Waals surface area contributed by atoms with Crippen molar-refractivity contribution in [3.8, 4) is 0 Å². The Hall–Kier alpha value is -2.56. The summed E-state index contributed by atoms with van der Waals surface area (Å²) < 4.78 is 0. The number of hydrogen-bond donors (Lipinski definition) is 3. The lowest BCUT2D eigenvalue weighted by Gasteiger charge is -2.21. The van der Waals surface area contributed by atoms with Gasteiger partial charge in [0, 0.05) is 29.4 Å². The van der Waals surface area contributed by atoms with Crippen LogP contribution in [0.3, 0.4) is 0 Å². The number of aromatic amines is 1. The quantitative estimate of drug-likeness (QED) is 0.739. The standard InChI is InChI=1S/C19H20N2O3/c22-18(15-8-11-5-6-12(15)7-11)21-17(19(23)24)9-13-10-20-16-4-2-1-3-14(13)16/h1-6,10-12,15,17,20H,7-9H2,(H,21,22)(H,23,24). The lowest BCUT2D eigenvalue weighted by molar-refractivity contribution is -0.142. The van der Waals surface area contributed by atoms with Crippen molar-refractivity contribution < 1.29 is 14.7 Å². The van der Waals surface area contributed by atoms with Crippen LogP contribution in [0.25, 0.3) is 10.9 Å². The first-order valence-electron chi connectivity index (χ1n) is 8.38. The highest BCUT2D eigenvalue weighted by atomic mass is 16.4. The van der Waals surface area contributed by atoms with E-state index in [9.17, 15) is 14.7 Å². The molecule has 1 saturated carbocycles. The summed E-state index contributed by atoms with van der Waals surface area (Å²) in [6.45, 7) is 0. The van der Waals surface area contributed by atoms with E-state index in [-0.39, 0.29) is 24.2 Å². The molecule has 2 bridgehead atoms. The van der Waals surface area contributed by atoms with Crippen LogP contribution < -0.4 is 5.32 Å². The van der Waals surface area contributed by atoms with Gasteiger partial charge in [0.15, 0.2) is 0 Å². The van der Waals surface area contributed by atoms with E-state index in [1.54, 1.807) is 0 Å². The summed E-state index contributed by atoms with van der Waals surface area (Å²) in [7, 11) is 0. The third-order valence-corrected chi connectivity index (χ3v) is 5.33. The van der Waals surface area contributed by atoms with Crippen molar-refractivity contribution in [2.24, 2.45) is 17.8 Å². The number of rotatable bonds is 5. The van der Waals surface area contributed by atoms with Crippen LogP contribution >= 0.6 is 0 Å². The molecule has 4 rings (SSSR count). The van der Waals surface area contributed by atoms with E-state index < -0.39 is 12.0 Å². The Bertz CT molecular complexity index is 823. The summed E-state index contributed by atoms with van der Waals surface area (Å²) in [5.74, 6) is -0.434. The zero-order valence-corrected chi connectivity index (χ0v) is 13.2. The van der Waals surface area contributed by atoms with Gasteiger partial charge in [-0.3, -0.25) is 4.79 Å². The van der Waals surface area contributed by atoms with Crippen LogP contribution in [0.5, 0.6) is 0 Å². The fourth-order valence-corrected chi connectivity index (χ4v) is 4.08. The number of benzene rings is 1. The number of aromatic nitrogens is 1. The monoisotopic (exact) mass is 324 g/mol. The molecule has 4 unspecified atom stereocenters. The molecule has 0 aliphatic heterocycles. The van der Waals surface area contributed by atoms with Crippen LogP contribution in [0.4, 0.5) is 0 Å². The van der Waals surface area contributed by atoms with Crippen molar-refractivity contribution in [3.63, 3.8) is 0 Å². The average Bonchev–Trinajstić information content (AvgIpc) is 3.29. The molecular weight excluding hydrogens is 304 g/mol. The first-order valence-corrected chi connectivity index (χ1v) is 8.38. The molecule has 5 nitrogen and oxygen atoms in total. The lowest BCUT2D eigenvalue weighted by atomic mass is 9.92. The number of carboxylic acid groups (broad SMARTS) is 1. The molecule has 2 aliphatic rings. The maximum Gasteiger partial charge on any atom is 0.326 e. The minimum Gasteiger partial charge on any atom is -0.480 e. The fourth-order valence-electron chi connectivity index (χ4n) is 4.08. The number of para-hydroxylation sites is 1. The summed E-state index contributed by atoms with van der Waals surface area (Å²) in [6, 6.07) is 6.87. The molecule has 3 N–H and O–H groups in total. The maximum atomic E-state index is 12.5. The predicted octanol–water partition coefficient (Wildman–Crippen LogP) is 2.49. The molecule has 5 heteroatoms. The SMILES string of the molecule is O=C(O)C(Cc1c[nH]c2ccccc12)NC(=O)C1CC2C=CC1C2. The Labute approximate surface area is 139 Å². The predicted molar refractivity (Wildman–Crippen MR) is 90.4 cm³/mol. The van der Waals surface area contributed by atoms with Crippen LogP contribution in [0.2, 0.25) is 0 Å². The second-order valence-corrected chi connectivity index (χ2v) is 6.85. The number of carbonyl (C=O) groups is 2. The van der Waals surface area contributed by atoms with E-state index in [1.807, 2.05) is 30.5 Å². The van der Waals surface area contributed by atoms with E-state index in [2.05, 4.69) is 22.5 Å². The summed E-state index contributed by atoms with van der Waals surface area (Å²) in [4.78, 5) is 27.3. The number of carboxylic acids is 1. The van der Waals surface area contributed by atoms with E-state index >= 15 is 0 Å². The van der Waals surface area contributed by atoms with Crippen molar-refractivity contribution in [1.29, 1.82) is 0 Å². The smallest absolute Gasteiger partial charge is 0.326 e. The Kier molecular flexibility index (Phi) is 3.63. The molecule has 1 fully saturated rings. The molecule has 0 spiro atoms. The second-order valence-electron chi connectivity index (χ2n) is 6.85. The Morgan fingerprint density at radius 2 is 2.08 bits per heavy atom. The van der Waals surface area contributed by atoms with Gasteiger partial charge in [0.2, 0.25) is 5.91 Å². The van der Waals surface area contributed by atoms with Crippen LogP contribution in [0, 0.1) is 17.8 Å². The van der Waals surface area contributed by atoms with Gasteiger partial charge in [0.05, 0.1) is 0 Å². The minimum atomic E-state index is -0.993. The number of aliphatic carboxylic acids is 1. The second kappa shape index (κ2) is 5.82. The Morgan fingerprint density at radius 1 is 1.25 bits per heavy atom. The summed E-state index contributed by atoms with van der Waals surface area (Å²) >= 11 is 0. The van der Waals surface area contributed by atoms with Gasteiger partial charge in [0.25, 0.3) is 0 Å². The molecule has 1 heterocycles. The van der Waals surface area contributed by atoms with Crippen molar-refractivity contribution in [2.45, 2.75) is 25.3 Å². The van der Waals surface area contributed by atoms with Gasteiger partial charge >= 0.3 is 5.97 Å². The van der Waals surface area contributed by atoms with E-state index in [4.69, 9.17) is 0 Å². The lowest BCUT2D eigenvalue weighted by Crippen LogP contribution is -2.45. The average molecular weight is 324 g/mol. The van der Waals surface area contributed by atoms with E-state index in [0.717, 1.165) is 29.3 Å². The van der Waals surface area contributed by atoms with Crippen molar-refractivity contribution in [1.82, 2.24) is 10.3 Å². The molecule has 4 atom stereocenters. The number of allylic oxidation sites excluding steroid dienone is 2. The molecular formula is C19H20N2O3. The number of amides is 1. The normalized spacial score (nSPS) is 25.9. The van der Waals surface area contributed by atoms with Crippen molar-refractivity contribution in [3.05, 3.63) is 48.2 Å². The highest BCUT2D eigenvalue weighted by Gasteiger charge is 2.40. The zero-order chi connectivity index (χ0) is 16.7. The van der Waals surface area contributed by atoms with Crippen molar-refractivity contribution >= 4 is 22.8 Å². The molecule has 2 aliphatic carbocycles. The molecule has 2 aromatic rings. The third-order valence-electron chi connectivity index (χ3n) is 5.33. The number of fused-ring (bicyclic) bond motifs is 3. The number of carbonyl (C=O) groups excluding carboxylic acids is 1. The molecule has 24 heavy (non-hydrogen) atoms. The molecule has 0 saturated heterocycles. The van der Waals surface area contributed by atoms with Gasteiger partial charge in [-0.05, 0) is 36.3 Å².